The Hall–Kier alpha value is -2.05. The first-order chi connectivity index (χ1) is 14.4. The SMILES string of the molecule is CB(O)N1CCC(N(CCC(C)C)c2ccc(OCc3ccc(F)cc3)cc2)CC1. The van der Waals surface area contributed by atoms with Crippen LogP contribution < -0.4 is 9.64 Å². The van der Waals surface area contributed by atoms with Crippen molar-refractivity contribution in [3.8, 4) is 5.75 Å². The zero-order valence-corrected chi connectivity index (χ0v) is 18.4. The number of halogens is 1. The van der Waals surface area contributed by atoms with Crippen LogP contribution in [-0.4, -0.2) is 42.6 Å². The van der Waals surface area contributed by atoms with Crippen molar-refractivity contribution in [1.29, 1.82) is 0 Å². The van der Waals surface area contributed by atoms with Gasteiger partial charge >= 0.3 is 7.05 Å². The first-order valence-electron chi connectivity index (χ1n) is 11.1. The van der Waals surface area contributed by atoms with Gasteiger partial charge in [0, 0.05) is 18.3 Å². The minimum absolute atomic E-state index is 0.233. The fourth-order valence-electron chi connectivity index (χ4n) is 3.97. The first-order valence-corrected chi connectivity index (χ1v) is 11.1. The molecule has 0 aliphatic carbocycles. The van der Waals surface area contributed by atoms with Gasteiger partial charge in [-0.3, -0.25) is 0 Å². The largest absolute Gasteiger partial charge is 0.489 e. The maximum atomic E-state index is 13.0. The van der Waals surface area contributed by atoms with Gasteiger partial charge in [-0.15, -0.1) is 0 Å². The lowest BCUT2D eigenvalue weighted by molar-refractivity contribution is 0.280. The van der Waals surface area contributed by atoms with Crippen molar-refractivity contribution in [2.24, 2.45) is 5.92 Å². The average Bonchev–Trinajstić information content (AvgIpc) is 2.74. The zero-order chi connectivity index (χ0) is 21.5. The maximum absolute atomic E-state index is 13.0. The Balaban J connectivity index is 1.63. The molecule has 1 N–H and O–H groups in total. The Kier molecular flexibility index (Phi) is 8.17. The summed E-state index contributed by atoms with van der Waals surface area (Å²) in [6.07, 6.45) is 3.27. The van der Waals surface area contributed by atoms with Crippen LogP contribution >= 0.6 is 0 Å². The number of piperidine rings is 1. The molecule has 0 amide bonds. The molecule has 1 saturated heterocycles. The van der Waals surface area contributed by atoms with Gasteiger partial charge in [-0.25, -0.2) is 4.39 Å². The van der Waals surface area contributed by atoms with Crippen LogP contribution in [0.25, 0.3) is 0 Å². The van der Waals surface area contributed by atoms with Crippen LogP contribution in [0.4, 0.5) is 10.1 Å². The third-order valence-electron chi connectivity index (χ3n) is 5.90. The van der Waals surface area contributed by atoms with Crippen LogP contribution in [0.1, 0.15) is 38.7 Å². The molecule has 1 aliphatic heterocycles. The van der Waals surface area contributed by atoms with E-state index in [4.69, 9.17) is 4.74 Å². The van der Waals surface area contributed by atoms with Crippen LogP contribution in [-0.2, 0) is 6.61 Å². The zero-order valence-electron chi connectivity index (χ0n) is 18.4. The van der Waals surface area contributed by atoms with Crippen LogP contribution in [0.15, 0.2) is 48.5 Å². The number of anilines is 1. The normalized spacial score (nSPS) is 15.4. The van der Waals surface area contributed by atoms with Crippen LogP contribution in [0.3, 0.4) is 0 Å². The summed E-state index contributed by atoms with van der Waals surface area (Å²) < 4.78 is 18.9. The van der Waals surface area contributed by atoms with Crippen molar-refractivity contribution < 1.29 is 14.2 Å². The molecule has 4 nitrogen and oxygen atoms in total. The van der Waals surface area contributed by atoms with Crippen molar-refractivity contribution >= 4 is 12.7 Å². The number of benzene rings is 2. The topological polar surface area (TPSA) is 35.9 Å². The van der Waals surface area contributed by atoms with Crippen LogP contribution in [0, 0.1) is 11.7 Å². The predicted octanol–water partition coefficient (Wildman–Crippen LogP) is 4.83. The molecule has 1 fully saturated rings. The van der Waals surface area contributed by atoms with E-state index in [0.717, 1.165) is 50.2 Å². The van der Waals surface area contributed by atoms with Crippen LogP contribution in [0.5, 0.6) is 5.75 Å². The summed E-state index contributed by atoms with van der Waals surface area (Å²) in [4.78, 5) is 4.67. The van der Waals surface area contributed by atoms with Crippen molar-refractivity contribution in [1.82, 2.24) is 4.81 Å². The summed E-state index contributed by atoms with van der Waals surface area (Å²) in [6.45, 7) is 9.70. The molecule has 30 heavy (non-hydrogen) atoms. The fourth-order valence-corrected chi connectivity index (χ4v) is 3.97. The van der Waals surface area contributed by atoms with E-state index < -0.39 is 0 Å². The van der Waals surface area contributed by atoms with Gasteiger partial charge in [-0.2, -0.15) is 0 Å². The highest BCUT2D eigenvalue weighted by Crippen LogP contribution is 2.27. The van der Waals surface area contributed by atoms with E-state index >= 15 is 0 Å². The quantitative estimate of drug-likeness (QED) is 0.599. The molecule has 0 spiro atoms. The molecule has 0 bridgehead atoms. The average molecular weight is 412 g/mol. The van der Waals surface area contributed by atoms with Gasteiger partial charge in [0.2, 0.25) is 0 Å². The number of hydrogen-bond acceptors (Lipinski definition) is 4. The lowest BCUT2D eigenvalue weighted by Gasteiger charge is -2.40. The van der Waals surface area contributed by atoms with Gasteiger partial charge in [0.1, 0.15) is 18.2 Å². The number of hydrogen-bond donors (Lipinski definition) is 1. The first kappa shape index (κ1) is 22.6. The van der Waals surface area contributed by atoms with Crippen LogP contribution in [0.2, 0.25) is 6.82 Å². The fraction of sp³-hybridized carbons (Fsp3) is 0.500. The highest BCUT2D eigenvalue weighted by atomic mass is 19.1. The van der Waals surface area contributed by atoms with E-state index in [9.17, 15) is 9.41 Å². The lowest BCUT2D eigenvalue weighted by Crippen LogP contribution is -2.49. The summed E-state index contributed by atoms with van der Waals surface area (Å²) in [5.41, 5.74) is 2.17. The summed E-state index contributed by atoms with van der Waals surface area (Å²) in [7, 11) is -0.368. The molecule has 2 aromatic rings. The smallest absolute Gasteiger partial charge is 0.376 e. The Labute approximate surface area is 180 Å². The van der Waals surface area contributed by atoms with E-state index in [0.29, 0.717) is 18.6 Å². The molecule has 3 rings (SSSR count). The van der Waals surface area contributed by atoms with Gasteiger partial charge in [0.05, 0.1) is 0 Å². The molecule has 0 atom stereocenters. The Morgan fingerprint density at radius 1 is 1.10 bits per heavy atom. The molecule has 2 aromatic carbocycles. The van der Waals surface area contributed by atoms with Crippen molar-refractivity contribution in [3.63, 3.8) is 0 Å². The minimum Gasteiger partial charge on any atom is -0.489 e. The molecule has 0 aromatic heterocycles. The van der Waals surface area contributed by atoms with Gasteiger partial charge in [-0.05, 0) is 87.1 Å². The molecule has 0 saturated carbocycles. The lowest BCUT2D eigenvalue weighted by atomic mass is 9.82. The summed E-state index contributed by atoms with van der Waals surface area (Å²) in [5.74, 6) is 1.24. The van der Waals surface area contributed by atoms with E-state index in [1.165, 1.54) is 17.8 Å². The van der Waals surface area contributed by atoms with E-state index in [1.807, 2.05) is 19.0 Å². The monoisotopic (exact) mass is 412 g/mol. The van der Waals surface area contributed by atoms with Gasteiger partial charge in [-0.1, -0.05) is 26.0 Å². The Bertz CT molecular complexity index is 760. The third kappa shape index (κ3) is 6.48. The molecular weight excluding hydrogens is 378 g/mol. The molecule has 1 aliphatic rings. The van der Waals surface area contributed by atoms with Gasteiger partial charge < -0.3 is 19.5 Å². The second kappa shape index (κ2) is 10.8. The van der Waals surface area contributed by atoms with E-state index in [1.54, 1.807) is 12.1 Å². The van der Waals surface area contributed by atoms with E-state index in [2.05, 4.69) is 35.7 Å². The van der Waals surface area contributed by atoms with Crippen molar-refractivity contribution in [3.05, 3.63) is 59.9 Å². The second-order valence-electron chi connectivity index (χ2n) is 8.68. The molecule has 0 unspecified atom stereocenters. The number of rotatable bonds is 9. The maximum Gasteiger partial charge on any atom is 0.376 e. The third-order valence-corrected chi connectivity index (χ3v) is 5.90. The number of nitrogens with zero attached hydrogens (tertiary/aromatic N) is 2. The molecule has 162 valence electrons. The molecule has 6 heteroatoms. The molecule has 0 radical (unpaired) electrons. The predicted molar refractivity (Wildman–Crippen MR) is 122 cm³/mol. The van der Waals surface area contributed by atoms with E-state index in [-0.39, 0.29) is 12.9 Å². The van der Waals surface area contributed by atoms with Crippen molar-refractivity contribution in [2.75, 3.05) is 24.5 Å². The standard InChI is InChI=1S/C24H34BFN2O2/c1-19(2)12-17-28(23-13-15-27(16-14-23)25(3)29)22-8-10-24(11-9-22)30-18-20-4-6-21(26)7-5-20/h4-11,19,23,29H,12-18H2,1-3H3. The Morgan fingerprint density at radius 2 is 1.73 bits per heavy atom. The second-order valence-corrected chi connectivity index (χ2v) is 8.68. The molecule has 1 heterocycles. The number of ether oxygens (including phenoxy) is 1. The minimum atomic E-state index is -0.368. The van der Waals surface area contributed by atoms with Gasteiger partial charge in [0.15, 0.2) is 0 Å². The summed E-state index contributed by atoms with van der Waals surface area (Å²) >= 11 is 0. The summed E-state index contributed by atoms with van der Waals surface area (Å²) in [5, 5.41) is 9.85. The Morgan fingerprint density at radius 3 is 2.30 bits per heavy atom. The van der Waals surface area contributed by atoms with Gasteiger partial charge in [0.25, 0.3) is 0 Å². The molecular formula is C24H34BFN2O2. The summed E-state index contributed by atoms with van der Waals surface area (Å²) in [6, 6.07) is 15.2. The van der Waals surface area contributed by atoms with Crippen molar-refractivity contribution in [2.45, 2.75) is 52.6 Å². The highest BCUT2D eigenvalue weighted by Gasteiger charge is 2.27. The highest BCUT2D eigenvalue weighted by molar-refractivity contribution is 6.45.